The first-order chi connectivity index (χ1) is 9.85. The van der Waals surface area contributed by atoms with Gasteiger partial charge < -0.3 is 24.8 Å². The molecule has 0 radical (unpaired) electrons. The van der Waals surface area contributed by atoms with E-state index < -0.39 is 24.4 Å². The summed E-state index contributed by atoms with van der Waals surface area (Å²) < 4.78 is 50.2. The van der Waals surface area contributed by atoms with E-state index in [0.717, 1.165) is 6.07 Å². The van der Waals surface area contributed by atoms with Crippen molar-refractivity contribution in [3.05, 3.63) is 24.3 Å². The number of nitrogens with one attached hydrogen (secondary N) is 2. The molecule has 21 heavy (non-hydrogen) atoms. The Morgan fingerprint density at radius 3 is 2.43 bits per heavy atom. The average molecular weight is 308 g/mol. The second kappa shape index (κ2) is 7.70. The highest BCUT2D eigenvalue weighted by atomic mass is 19.4. The van der Waals surface area contributed by atoms with Crippen molar-refractivity contribution in [2.75, 3.05) is 26.1 Å². The maximum atomic E-state index is 12.2. The average Bonchev–Trinajstić information content (AvgIpc) is 2.40. The lowest BCUT2D eigenvalue weighted by molar-refractivity contribution is -0.274. The second-order valence-electron chi connectivity index (χ2n) is 3.78. The summed E-state index contributed by atoms with van der Waals surface area (Å²) >= 11 is 0. The molecule has 0 saturated heterocycles. The molecule has 6 nitrogen and oxygen atoms in total. The second-order valence-corrected chi connectivity index (χ2v) is 3.78. The minimum atomic E-state index is -4.84. The minimum Gasteiger partial charge on any atom is -0.404 e. The maximum absolute atomic E-state index is 12.2. The van der Waals surface area contributed by atoms with Crippen molar-refractivity contribution < 1.29 is 32.2 Å². The van der Waals surface area contributed by atoms with Gasteiger partial charge in [0.2, 0.25) is 0 Å². The largest absolute Gasteiger partial charge is 0.573 e. The summed E-state index contributed by atoms with van der Waals surface area (Å²) in [4.78, 5) is 11.6. The molecule has 0 saturated carbocycles. The van der Waals surface area contributed by atoms with Crippen molar-refractivity contribution >= 4 is 11.7 Å². The van der Waals surface area contributed by atoms with Gasteiger partial charge in [0, 0.05) is 14.2 Å². The zero-order valence-electron chi connectivity index (χ0n) is 11.4. The van der Waals surface area contributed by atoms with E-state index in [1.54, 1.807) is 0 Å². The van der Waals surface area contributed by atoms with E-state index in [2.05, 4.69) is 15.4 Å². The number of benzene rings is 1. The van der Waals surface area contributed by atoms with Gasteiger partial charge in [-0.3, -0.25) is 0 Å². The molecule has 2 N–H and O–H groups in total. The Morgan fingerprint density at radius 1 is 1.24 bits per heavy atom. The van der Waals surface area contributed by atoms with Gasteiger partial charge in [0.15, 0.2) is 12.0 Å². The quantitative estimate of drug-likeness (QED) is 0.791. The molecule has 0 spiro atoms. The van der Waals surface area contributed by atoms with E-state index in [1.807, 2.05) is 0 Å². The third-order valence-electron chi connectivity index (χ3n) is 2.32. The number of rotatable bonds is 6. The van der Waals surface area contributed by atoms with Crippen LogP contribution < -0.4 is 15.4 Å². The Hall–Kier alpha value is -2.00. The van der Waals surface area contributed by atoms with Gasteiger partial charge >= 0.3 is 12.4 Å². The van der Waals surface area contributed by atoms with Crippen LogP contribution >= 0.6 is 0 Å². The predicted octanol–water partition coefficient (Wildman–Crippen LogP) is 2.33. The molecule has 9 heteroatoms. The molecule has 0 unspecified atom stereocenters. The number of ether oxygens (including phenoxy) is 3. The van der Waals surface area contributed by atoms with Gasteiger partial charge in [0.05, 0.1) is 12.2 Å². The molecular formula is C12H15F3N2O4. The van der Waals surface area contributed by atoms with Crippen LogP contribution in [-0.2, 0) is 9.47 Å². The summed E-state index contributed by atoms with van der Waals surface area (Å²) in [5.41, 5.74) is -0.112. The van der Waals surface area contributed by atoms with Crippen molar-refractivity contribution in [1.82, 2.24) is 5.32 Å². The first-order valence-electron chi connectivity index (χ1n) is 5.81. The standard InChI is InChI=1S/C12H15F3N2O4/c1-19-10(20-2)7-16-11(18)17-8-5-3-4-6-9(8)21-12(13,14)15/h3-6,10H,7H2,1-2H3,(H2,16,17,18). The number of amides is 2. The molecule has 1 aromatic carbocycles. The normalized spacial score (nSPS) is 11.3. The van der Waals surface area contributed by atoms with E-state index in [4.69, 9.17) is 9.47 Å². The number of methoxy groups -OCH3 is 2. The Balaban J connectivity index is 2.64. The lowest BCUT2D eigenvalue weighted by Gasteiger charge is -2.16. The molecule has 0 aromatic heterocycles. The highest BCUT2D eigenvalue weighted by Gasteiger charge is 2.32. The Bertz CT molecular complexity index is 464. The van der Waals surface area contributed by atoms with Crippen LogP contribution in [0.15, 0.2) is 24.3 Å². The fourth-order valence-corrected chi connectivity index (χ4v) is 1.39. The predicted molar refractivity (Wildman–Crippen MR) is 68.0 cm³/mol. The summed E-state index contributed by atoms with van der Waals surface area (Å²) in [6.45, 7) is 0.0289. The topological polar surface area (TPSA) is 68.8 Å². The fourth-order valence-electron chi connectivity index (χ4n) is 1.39. The number of urea groups is 1. The molecule has 0 heterocycles. The minimum absolute atomic E-state index is 0.0289. The number of anilines is 1. The molecule has 0 fully saturated rings. The summed E-state index contributed by atoms with van der Waals surface area (Å²) in [5.74, 6) is -0.504. The van der Waals surface area contributed by atoms with Crippen molar-refractivity contribution in [1.29, 1.82) is 0 Å². The lowest BCUT2D eigenvalue weighted by atomic mass is 10.3. The number of halogens is 3. The number of hydrogen-bond donors (Lipinski definition) is 2. The van der Waals surface area contributed by atoms with Crippen LogP contribution in [0.3, 0.4) is 0 Å². The van der Waals surface area contributed by atoms with E-state index in [1.165, 1.54) is 32.4 Å². The third-order valence-corrected chi connectivity index (χ3v) is 2.32. The fraction of sp³-hybridized carbons (Fsp3) is 0.417. The number of alkyl halides is 3. The molecule has 1 aromatic rings. The number of para-hydroxylation sites is 2. The van der Waals surface area contributed by atoms with Gasteiger partial charge in [-0.05, 0) is 12.1 Å². The smallest absolute Gasteiger partial charge is 0.404 e. The van der Waals surface area contributed by atoms with Gasteiger partial charge in [0.1, 0.15) is 0 Å². The molecule has 2 amide bonds. The molecule has 0 aliphatic carbocycles. The molecule has 0 bridgehead atoms. The van der Waals surface area contributed by atoms with Crippen LogP contribution in [0.4, 0.5) is 23.7 Å². The first-order valence-corrected chi connectivity index (χ1v) is 5.81. The maximum Gasteiger partial charge on any atom is 0.573 e. The van der Waals surface area contributed by atoms with E-state index in [-0.39, 0.29) is 12.2 Å². The molecule has 0 aliphatic heterocycles. The van der Waals surface area contributed by atoms with Crippen molar-refractivity contribution in [3.8, 4) is 5.75 Å². The summed E-state index contributed by atoms with van der Waals surface area (Å²) in [6, 6.07) is 4.48. The molecular weight excluding hydrogens is 293 g/mol. The molecule has 118 valence electrons. The van der Waals surface area contributed by atoms with E-state index >= 15 is 0 Å². The van der Waals surface area contributed by atoms with Crippen molar-refractivity contribution in [3.63, 3.8) is 0 Å². The molecule has 1 rings (SSSR count). The Kier molecular flexibility index (Phi) is 6.25. The van der Waals surface area contributed by atoms with Gasteiger partial charge in [0.25, 0.3) is 0 Å². The van der Waals surface area contributed by atoms with Gasteiger partial charge in [-0.1, -0.05) is 12.1 Å². The number of carbonyl (C=O) groups is 1. The number of hydrogen-bond acceptors (Lipinski definition) is 4. The van der Waals surface area contributed by atoms with Crippen molar-refractivity contribution in [2.24, 2.45) is 0 Å². The van der Waals surface area contributed by atoms with E-state index in [9.17, 15) is 18.0 Å². The Morgan fingerprint density at radius 2 is 1.86 bits per heavy atom. The summed E-state index contributed by atoms with van der Waals surface area (Å²) in [7, 11) is 2.78. The van der Waals surface area contributed by atoms with Crippen LogP contribution in [0.1, 0.15) is 0 Å². The highest BCUT2D eigenvalue weighted by molar-refractivity contribution is 5.90. The lowest BCUT2D eigenvalue weighted by Crippen LogP contribution is -2.37. The van der Waals surface area contributed by atoms with Gasteiger partial charge in [-0.25, -0.2) is 4.79 Å². The van der Waals surface area contributed by atoms with Crippen LogP contribution in [0.5, 0.6) is 5.75 Å². The first kappa shape index (κ1) is 17.1. The van der Waals surface area contributed by atoms with Gasteiger partial charge in [-0.15, -0.1) is 13.2 Å². The van der Waals surface area contributed by atoms with Gasteiger partial charge in [-0.2, -0.15) is 0 Å². The van der Waals surface area contributed by atoms with E-state index in [0.29, 0.717) is 0 Å². The Labute approximate surface area is 119 Å². The van der Waals surface area contributed by atoms with Crippen LogP contribution in [0.25, 0.3) is 0 Å². The molecule has 0 atom stereocenters. The zero-order valence-corrected chi connectivity index (χ0v) is 11.4. The van der Waals surface area contributed by atoms with Crippen LogP contribution in [0.2, 0.25) is 0 Å². The summed E-state index contributed by atoms with van der Waals surface area (Å²) in [6.07, 6.45) is -5.50. The van der Waals surface area contributed by atoms with Crippen LogP contribution in [0, 0.1) is 0 Å². The zero-order chi connectivity index (χ0) is 15.9. The SMILES string of the molecule is COC(CNC(=O)Nc1ccccc1OC(F)(F)F)OC. The summed E-state index contributed by atoms with van der Waals surface area (Å²) in [5, 5.41) is 4.64. The third kappa shape index (κ3) is 6.32. The van der Waals surface area contributed by atoms with Crippen molar-refractivity contribution in [2.45, 2.75) is 12.7 Å². The monoisotopic (exact) mass is 308 g/mol. The highest BCUT2D eigenvalue weighted by Crippen LogP contribution is 2.29. The van der Waals surface area contributed by atoms with Crippen LogP contribution in [-0.4, -0.2) is 39.4 Å². The number of carbonyl (C=O) groups excluding carboxylic acids is 1. The molecule has 0 aliphatic rings.